The summed E-state index contributed by atoms with van der Waals surface area (Å²) in [6, 6.07) is 6.01. The molecule has 3 nitrogen and oxygen atoms in total. The Kier molecular flexibility index (Phi) is 3.34. The van der Waals surface area contributed by atoms with E-state index in [1.165, 1.54) is 0 Å². The van der Waals surface area contributed by atoms with Gasteiger partial charge >= 0.3 is 0 Å². The Hall–Kier alpha value is -0.930. The van der Waals surface area contributed by atoms with Gasteiger partial charge in [-0.15, -0.1) is 0 Å². The zero-order valence-electron chi connectivity index (χ0n) is 9.10. The number of nitrogens with two attached hydrogens (primary N) is 1. The van der Waals surface area contributed by atoms with Gasteiger partial charge in [-0.2, -0.15) is 0 Å². The third-order valence-corrected chi connectivity index (χ3v) is 3.13. The van der Waals surface area contributed by atoms with Crippen LogP contribution < -0.4 is 5.73 Å². The van der Waals surface area contributed by atoms with Crippen molar-refractivity contribution in [2.75, 3.05) is 6.61 Å². The zero-order chi connectivity index (χ0) is 10.7. The second kappa shape index (κ2) is 4.73. The molecule has 1 aliphatic rings. The third-order valence-electron chi connectivity index (χ3n) is 3.13. The molecule has 0 radical (unpaired) electrons. The molecule has 0 saturated carbocycles. The zero-order valence-corrected chi connectivity index (χ0v) is 9.10. The normalized spacial score (nSPS) is 25.1. The lowest BCUT2D eigenvalue weighted by atomic mass is 9.93. The molecule has 1 saturated heterocycles. The minimum Gasteiger partial charge on any atom is -0.377 e. The molecule has 0 spiro atoms. The van der Waals surface area contributed by atoms with Gasteiger partial charge in [0.05, 0.1) is 6.10 Å². The molecule has 1 aliphatic heterocycles. The van der Waals surface area contributed by atoms with Crippen LogP contribution in [0.5, 0.6) is 0 Å². The SMILES string of the molecule is CC(c1ccccn1)C(N)C1CCCO1. The van der Waals surface area contributed by atoms with Crippen LogP contribution >= 0.6 is 0 Å². The van der Waals surface area contributed by atoms with E-state index in [0.717, 1.165) is 25.1 Å². The molecule has 1 aromatic heterocycles. The summed E-state index contributed by atoms with van der Waals surface area (Å²) in [6.07, 6.45) is 4.24. The van der Waals surface area contributed by atoms with Gasteiger partial charge in [0, 0.05) is 30.5 Å². The molecule has 3 unspecified atom stereocenters. The summed E-state index contributed by atoms with van der Waals surface area (Å²) in [4.78, 5) is 4.34. The second-order valence-corrected chi connectivity index (χ2v) is 4.17. The average Bonchev–Trinajstić information content (AvgIpc) is 2.82. The van der Waals surface area contributed by atoms with Crippen molar-refractivity contribution in [3.05, 3.63) is 30.1 Å². The number of hydrogen-bond acceptors (Lipinski definition) is 3. The summed E-state index contributed by atoms with van der Waals surface area (Å²) in [5.41, 5.74) is 7.25. The molecule has 0 aromatic carbocycles. The minimum absolute atomic E-state index is 0.0578. The van der Waals surface area contributed by atoms with Crippen LogP contribution in [0.25, 0.3) is 0 Å². The summed E-state index contributed by atoms with van der Waals surface area (Å²) >= 11 is 0. The van der Waals surface area contributed by atoms with E-state index < -0.39 is 0 Å². The number of aromatic nitrogens is 1. The Balaban J connectivity index is 2.03. The van der Waals surface area contributed by atoms with Crippen molar-refractivity contribution in [1.82, 2.24) is 4.98 Å². The maximum absolute atomic E-state index is 6.19. The van der Waals surface area contributed by atoms with Crippen molar-refractivity contribution in [3.8, 4) is 0 Å². The molecule has 0 amide bonds. The van der Waals surface area contributed by atoms with Crippen molar-refractivity contribution in [2.24, 2.45) is 5.73 Å². The first-order chi connectivity index (χ1) is 7.29. The number of ether oxygens (including phenoxy) is 1. The van der Waals surface area contributed by atoms with Gasteiger partial charge in [-0.05, 0) is 25.0 Å². The van der Waals surface area contributed by atoms with E-state index in [4.69, 9.17) is 10.5 Å². The Bertz CT molecular complexity index is 296. The number of nitrogens with zero attached hydrogens (tertiary/aromatic N) is 1. The highest BCUT2D eigenvalue weighted by atomic mass is 16.5. The van der Waals surface area contributed by atoms with Crippen LogP contribution in [0, 0.1) is 0 Å². The average molecular weight is 206 g/mol. The Morgan fingerprint density at radius 2 is 2.40 bits per heavy atom. The first kappa shape index (κ1) is 10.6. The van der Waals surface area contributed by atoms with E-state index in [9.17, 15) is 0 Å². The molecule has 2 heterocycles. The summed E-state index contributed by atoms with van der Waals surface area (Å²) in [7, 11) is 0. The molecule has 3 heteroatoms. The summed E-state index contributed by atoms with van der Waals surface area (Å²) < 4.78 is 5.60. The first-order valence-corrected chi connectivity index (χ1v) is 5.57. The molecule has 0 bridgehead atoms. The van der Waals surface area contributed by atoms with Gasteiger partial charge in [0.25, 0.3) is 0 Å². The lowest BCUT2D eigenvalue weighted by molar-refractivity contribution is 0.0832. The van der Waals surface area contributed by atoms with E-state index in [0.29, 0.717) is 0 Å². The van der Waals surface area contributed by atoms with Crippen molar-refractivity contribution < 1.29 is 4.74 Å². The van der Waals surface area contributed by atoms with Crippen LogP contribution in [0.1, 0.15) is 31.4 Å². The first-order valence-electron chi connectivity index (χ1n) is 5.57. The highest BCUT2D eigenvalue weighted by Gasteiger charge is 2.28. The molecular formula is C12H18N2O. The fraction of sp³-hybridized carbons (Fsp3) is 0.583. The molecule has 3 atom stereocenters. The summed E-state index contributed by atoms with van der Waals surface area (Å²) in [6.45, 7) is 2.97. The Morgan fingerprint density at radius 1 is 1.53 bits per heavy atom. The van der Waals surface area contributed by atoms with Crippen LogP contribution in [-0.2, 0) is 4.74 Å². The van der Waals surface area contributed by atoms with E-state index in [1.54, 1.807) is 0 Å². The fourth-order valence-corrected chi connectivity index (χ4v) is 2.07. The lowest BCUT2D eigenvalue weighted by Gasteiger charge is -2.24. The van der Waals surface area contributed by atoms with Crippen molar-refractivity contribution in [1.29, 1.82) is 0 Å². The number of hydrogen-bond donors (Lipinski definition) is 1. The maximum Gasteiger partial charge on any atom is 0.0733 e. The fourth-order valence-electron chi connectivity index (χ4n) is 2.07. The van der Waals surface area contributed by atoms with Crippen LogP contribution in [0.2, 0.25) is 0 Å². The predicted molar refractivity (Wildman–Crippen MR) is 59.6 cm³/mol. The van der Waals surface area contributed by atoms with Crippen LogP contribution in [0.15, 0.2) is 24.4 Å². The lowest BCUT2D eigenvalue weighted by Crippen LogP contribution is -2.38. The van der Waals surface area contributed by atoms with Gasteiger partial charge in [-0.3, -0.25) is 4.98 Å². The highest BCUT2D eigenvalue weighted by Crippen LogP contribution is 2.24. The van der Waals surface area contributed by atoms with Crippen LogP contribution in [0.3, 0.4) is 0 Å². The van der Waals surface area contributed by atoms with Gasteiger partial charge in [0.15, 0.2) is 0 Å². The summed E-state index contributed by atoms with van der Waals surface area (Å²) in [5, 5.41) is 0. The Labute approximate surface area is 90.7 Å². The van der Waals surface area contributed by atoms with Gasteiger partial charge < -0.3 is 10.5 Å². The smallest absolute Gasteiger partial charge is 0.0733 e. The molecule has 2 N–H and O–H groups in total. The molecule has 0 aliphatic carbocycles. The largest absolute Gasteiger partial charge is 0.377 e. The van der Waals surface area contributed by atoms with E-state index in [2.05, 4.69) is 11.9 Å². The van der Waals surface area contributed by atoms with Gasteiger partial charge in [-0.1, -0.05) is 13.0 Å². The number of rotatable bonds is 3. The Morgan fingerprint density at radius 3 is 3.00 bits per heavy atom. The van der Waals surface area contributed by atoms with Crippen LogP contribution in [-0.4, -0.2) is 23.7 Å². The third kappa shape index (κ3) is 2.36. The van der Waals surface area contributed by atoms with E-state index in [1.807, 2.05) is 24.4 Å². The molecule has 2 rings (SSSR count). The van der Waals surface area contributed by atoms with Crippen LogP contribution in [0.4, 0.5) is 0 Å². The van der Waals surface area contributed by atoms with Crippen molar-refractivity contribution in [3.63, 3.8) is 0 Å². The van der Waals surface area contributed by atoms with Gasteiger partial charge in [0.2, 0.25) is 0 Å². The molecule has 1 aromatic rings. The maximum atomic E-state index is 6.19. The topological polar surface area (TPSA) is 48.1 Å². The van der Waals surface area contributed by atoms with E-state index in [-0.39, 0.29) is 18.1 Å². The predicted octanol–water partition coefficient (Wildman–Crippen LogP) is 1.69. The minimum atomic E-state index is 0.0578. The molecular weight excluding hydrogens is 188 g/mol. The molecule has 15 heavy (non-hydrogen) atoms. The standard InChI is InChI=1S/C12H18N2O/c1-9(10-5-2-3-7-14-10)12(13)11-6-4-8-15-11/h2-3,5,7,9,11-12H,4,6,8,13H2,1H3. The summed E-state index contributed by atoms with van der Waals surface area (Å²) in [5.74, 6) is 0.259. The number of pyridine rings is 1. The van der Waals surface area contributed by atoms with Gasteiger partial charge in [-0.25, -0.2) is 0 Å². The monoisotopic (exact) mass is 206 g/mol. The van der Waals surface area contributed by atoms with Gasteiger partial charge in [0.1, 0.15) is 0 Å². The molecule has 82 valence electrons. The molecule has 1 fully saturated rings. The second-order valence-electron chi connectivity index (χ2n) is 4.17. The van der Waals surface area contributed by atoms with Crippen molar-refractivity contribution >= 4 is 0 Å². The quantitative estimate of drug-likeness (QED) is 0.818. The van der Waals surface area contributed by atoms with Crippen molar-refractivity contribution in [2.45, 2.75) is 37.8 Å². The van der Waals surface area contributed by atoms with E-state index >= 15 is 0 Å². The highest BCUT2D eigenvalue weighted by molar-refractivity contribution is 5.11.